The number of unbranched alkanes of at least 4 members (excludes halogenated alkanes) is 10. The predicted octanol–water partition coefficient (Wildman–Crippen LogP) is 7.29. The van der Waals surface area contributed by atoms with Crippen LogP contribution < -0.4 is 5.32 Å². The third-order valence-corrected chi connectivity index (χ3v) is 4.74. The van der Waals surface area contributed by atoms with Crippen molar-refractivity contribution in [3.63, 3.8) is 0 Å². The largest absolute Gasteiger partial charge is 0.310 e. The molecule has 0 aliphatic carbocycles. The summed E-state index contributed by atoms with van der Waals surface area (Å²) in [6.07, 6.45) is 17.0. The lowest BCUT2D eigenvalue weighted by Gasteiger charge is -2.13. The van der Waals surface area contributed by atoms with Crippen LogP contribution in [0.5, 0.6) is 0 Å². The van der Waals surface area contributed by atoms with Gasteiger partial charge in [-0.2, -0.15) is 0 Å². The van der Waals surface area contributed by atoms with Crippen LogP contribution in [0.25, 0.3) is 0 Å². The maximum absolute atomic E-state index is 3.63. The summed E-state index contributed by atoms with van der Waals surface area (Å²) in [5.41, 5.74) is 1.39. The molecule has 0 heterocycles. The van der Waals surface area contributed by atoms with Crippen LogP contribution in [0.1, 0.15) is 96.5 Å². The van der Waals surface area contributed by atoms with E-state index >= 15 is 0 Å². The van der Waals surface area contributed by atoms with Gasteiger partial charge >= 0.3 is 0 Å². The highest BCUT2D eigenvalue weighted by molar-refractivity contribution is 5.85. The first kappa shape index (κ1) is 23.5. The number of halogens is 1. The predicted molar refractivity (Wildman–Crippen MR) is 111 cm³/mol. The number of hydrogen-bond donors (Lipinski definition) is 1. The second-order valence-corrected chi connectivity index (χ2v) is 7.09. The van der Waals surface area contributed by atoms with Gasteiger partial charge < -0.3 is 5.32 Å². The number of benzene rings is 1. The highest BCUT2D eigenvalue weighted by atomic mass is 35.5. The molecule has 1 aromatic carbocycles. The van der Waals surface area contributed by atoms with Gasteiger partial charge in [0.05, 0.1) is 0 Å². The van der Waals surface area contributed by atoms with Crippen LogP contribution in [-0.4, -0.2) is 6.04 Å². The fourth-order valence-electron chi connectivity index (χ4n) is 3.10. The molecule has 0 bridgehead atoms. The molecule has 2 heteroatoms. The molecule has 1 rings (SSSR count). The Hall–Kier alpha value is -0.530. The Morgan fingerprint density at radius 1 is 0.750 bits per heavy atom. The van der Waals surface area contributed by atoms with Crippen molar-refractivity contribution < 1.29 is 0 Å². The molecule has 0 aromatic heterocycles. The molecule has 1 unspecified atom stereocenters. The summed E-state index contributed by atoms with van der Waals surface area (Å²) in [6, 6.07) is 11.3. The van der Waals surface area contributed by atoms with Crippen LogP contribution in [0.2, 0.25) is 0 Å². The van der Waals surface area contributed by atoms with E-state index in [0.717, 1.165) is 6.54 Å². The Labute approximate surface area is 157 Å². The molecule has 0 aliphatic heterocycles. The Morgan fingerprint density at radius 3 is 1.79 bits per heavy atom. The first-order valence-electron chi connectivity index (χ1n) is 10.1. The van der Waals surface area contributed by atoms with Gasteiger partial charge in [-0.05, 0) is 18.9 Å². The van der Waals surface area contributed by atoms with Crippen LogP contribution in [0.4, 0.5) is 0 Å². The smallest absolute Gasteiger partial charge is 0.0207 e. The van der Waals surface area contributed by atoms with Crippen LogP contribution in [0.15, 0.2) is 30.3 Å². The molecule has 1 nitrogen and oxygen atoms in total. The Kier molecular flexibility index (Phi) is 16.9. The van der Waals surface area contributed by atoms with E-state index in [-0.39, 0.29) is 12.4 Å². The third kappa shape index (κ3) is 13.9. The summed E-state index contributed by atoms with van der Waals surface area (Å²) in [4.78, 5) is 0. The van der Waals surface area contributed by atoms with Crippen molar-refractivity contribution in [3.8, 4) is 0 Å². The lowest BCUT2D eigenvalue weighted by Crippen LogP contribution is -2.25. The molecule has 0 radical (unpaired) electrons. The first-order chi connectivity index (χ1) is 11.3. The molecule has 0 saturated carbocycles. The zero-order valence-corrected chi connectivity index (χ0v) is 16.9. The Balaban J connectivity index is 0.00000529. The van der Waals surface area contributed by atoms with Crippen molar-refractivity contribution >= 4 is 12.4 Å². The van der Waals surface area contributed by atoms with E-state index in [1.807, 2.05) is 0 Å². The highest BCUT2D eigenvalue weighted by Crippen LogP contribution is 2.12. The summed E-state index contributed by atoms with van der Waals surface area (Å²) < 4.78 is 0. The topological polar surface area (TPSA) is 12.0 Å². The van der Waals surface area contributed by atoms with Gasteiger partial charge in [0.2, 0.25) is 0 Å². The monoisotopic (exact) mass is 353 g/mol. The molecule has 1 atom stereocenters. The molecular weight excluding hydrogens is 314 g/mol. The van der Waals surface area contributed by atoms with Crippen molar-refractivity contribution in [2.75, 3.05) is 0 Å². The standard InChI is InChI=1S/C22H39N.ClH/c1-3-4-5-6-7-8-9-10-11-12-14-17-21(2)23-20-22-18-15-13-16-19-22;/h13,15-16,18-19,21,23H,3-12,14,17,20H2,1-2H3;1H. The van der Waals surface area contributed by atoms with E-state index in [0.29, 0.717) is 6.04 Å². The van der Waals surface area contributed by atoms with E-state index in [2.05, 4.69) is 49.5 Å². The van der Waals surface area contributed by atoms with Gasteiger partial charge in [-0.15, -0.1) is 12.4 Å². The number of rotatable bonds is 15. The molecular formula is C22H40ClN. The summed E-state index contributed by atoms with van der Waals surface area (Å²) in [7, 11) is 0. The average Bonchev–Trinajstić information content (AvgIpc) is 2.59. The molecule has 140 valence electrons. The average molecular weight is 354 g/mol. The van der Waals surface area contributed by atoms with Gasteiger partial charge in [-0.1, -0.05) is 108 Å². The van der Waals surface area contributed by atoms with Gasteiger partial charge in [0.15, 0.2) is 0 Å². The summed E-state index contributed by atoms with van der Waals surface area (Å²) in [6.45, 7) is 5.61. The fourth-order valence-corrected chi connectivity index (χ4v) is 3.10. The van der Waals surface area contributed by atoms with Gasteiger partial charge in [-0.25, -0.2) is 0 Å². The van der Waals surface area contributed by atoms with Gasteiger partial charge in [0.25, 0.3) is 0 Å². The number of hydrogen-bond acceptors (Lipinski definition) is 1. The summed E-state index contributed by atoms with van der Waals surface area (Å²) in [5.74, 6) is 0. The maximum atomic E-state index is 3.63. The van der Waals surface area contributed by atoms with E-state index in [1.165, 1.54) is 82.6 Å². The molecule has 0 saturated heterocycles. The van der Waals surface area contributed by atoms with E-state index < -0.39 is 0 Å². The minimum atomic E-state index is 0. The second kappa shape index (κ2) is 17.3. The molecule has 0 spiro atoms. The molecule has 1 N–H and O–H groups in total. The molecule has 1 aromatic rings. The highest BCUT2D eigenvalue weighted by Gasteiger charge is 2.01. The van der Waals surface area contributed by atoms with Gasteiger partial charge in [-0.3, -0.25) is 0 Å². The SMILES string of the molecule is CCCCCCCCCCCCCC(C)NCc1ccccc1.Cl. The van der Waals surface area contributed by atoms with Gasteiger partial charge in [0, 0.05) is 12.6 Å². The quantitative estimate of drug-likeness (QED) is 0.326. The van der Waals surface area contributed by atoms with E-state index in [1.54, 1.807) is 0 Å². The second-order valence-electron chi connectivity index (χ2n) is 7.09. The van der Waals surface area contributed by atoms with Crippen molar-refractivity contribution in [3.05, 3.63) is 35.9 Å². The van der Waals surface area contributed by atoms with E-state index in [4.69, 9.17) is 0 Å². The zero-order chi connectivity index (χ0) is 16.6. The minimum Gasteiger partial charge on any atom is -0.310 e. The lowest BCUT2D eigenvalue weighted by molar-refractivity contribution is 0.475. The van der Waals surface area contributed by atoms with Crippen LogP contribution in [0.3, 0.4) is 0 Å². The van der Waals surface area contributed by atoms with Crippen molar-refractivity contribution in [1.82, 2.24) is 5.32 Å². The Bertz CT molecular complexity index is 352. The fraction of sp³-hybridized carbons (Fsp3) is 0.727. The summed E-state index contributed by atoms with van der Waals surface area (Å²) >= 11 is 0. The Morgan fingerprint density at radius 2 is 1.25 bits per heavy atom. The van der Waals surface area contributed by atoms with Crippen LogP contribution in [0, 0.1) is 0 Å². The number of nitrogens with one attached hydrogen (secondary N) is 1. The molecule has 24 heavy (non-hydrogen) atoms. The molecule has 0 fully saturated rings. The van der Waals surface area contributed by atoms with E-state index in [9.17, 15) is 0 Å². The summed E-state index contributed by atoms with van der Waals surface area (Å²) in [5, 5.41) is 3.63. The van der Waals surface area contributed by atoms with Crippen molar-refractivity contribution in [2.45, 2.75) is 103 Å². The van der Waals surface area contributed by atoms with Crippen molar-refractivity contribution in [2.24, 2.45) is 0 Å². The minimum absolute atomic E-state index is 0. The lowest BCUT2D eigenvalue weighted by atomic mass is 10.0. The third-order valence-electron chi connectivity index (χ3n) is 4.74. The molecule has 0 aliphatic rings. The zero-order valence-electron chi connectivity index (χ0n) is 16.1. The maximum Gasteiger partial charge on any atom is 0.0207 e. The van der Waals surface area contributed by atoms with Crippen LogP contribution >= 0.6 is 12.4 Å². The van der Waals surface area contributed by atoms with Gasteiger partial charge in [0.1, 0.15) is 0 Å². The molecule has 0 amide bonds. The van der Waals surface area contributed by atoms with Crippen molar-refractivity contribution in [1.29, 1.82) is 0 Å². The normalized spacial score (nSPS) is 11.9. The first-order valence-corrected chi connectivity index (χ1v) is 10.1. The van der Waals surface area contributed by atoms with Crippen LogP contribution in [-0.2, 0) is 6.54 Å².